The van der Waals surface area contributed by atoms with Crippen molar-refractivity contribution in [3.63, 3.8) is 0 Å². The summed E-state index contributed by atoms with van der Waals surface area (Å²) in [5.41, 5.74) is 5.42. The van der Waals surface area contributed by atoms with E-state index in [-0.39, 0.29) is 6.10 Å². The third-order valence-corrected chi connectivity index (χ3v) is 2.33. The highest BCUT2D eigenvalue weighted by Crippen LogP contribution is 2.18. The molecule has 0 saturated heterocycles. The molecule has 0 aliphatic rings. The molecular weight excluding hydrogens is 250 g/mol. The van der Waals surface area contributed by atoms with E-state index in [2.05, 4.69) is 15.9 Å². The topological polar surface area (TPSA) is 35.2 Å². The quantitative estimate of drug-likeness (QED) is 0.848. The van der Waals surface area contributed by atoms with Gasteiger partial charge in [0.1, 0.15) is 16.8 Å². The Kier molecular flexibility index (Phi) is 3.69. The maximum absolute atomic E-state index is 5.46. The number of thiocarbonyl (C=S) groups is 1. The molecule has 0 aliphatic carbocycles. The molecule has 0 aromatic heterocycles. The first-order chi connectivity index (χ1) is 6.09. The fraction of sp³-hybridized carbons (Fsp3) is 0.222. The van der Waals surface area contributed by atoms with Crippen molar-refractivity contribution in [3.8, 4) is 5.75 Å². The van der Waals surface area contributed by atoms with E-state index in [1.807, 2.05) is 31.2 Å². The van der Waals surface area contributed by atoms with Gasteiger partial charge in [0.15, 0.2) is 0 Å². The average molecular weight is 260 g/mol. The van der Waals surface area contributed by atoms with Crippen LogP contribution in [0.3, 0.4) is 0 Å². The Hall–Kier alpha value is -0.610. The van der Waals surface area contributed by atoms with E-state index >= 15 is 0 Å². The largest absolute Gasteiger partial charge is 0.484 e. The van der Waals surface area contributed by atoms with Gasteiger partial charge in [-0.05, 0) is 25.1 Å². The van der Waals surface area contributed by atoms with Crippen LogP contribution >= 0.6 is 28.1 Å². The van der Waals surface area contributed by atoms with Crippen molar-refractivity contribution in [2.45, 2.75) is 13.0 Å². The molecule has 4 heteroatoms. The van der Waals surface area contributed by atoms with Crippen molar-refractivity contribution in [1.82, 2.24) is 0 Å². The zero-order valence-corrected chi connectivity index (χ0v) is 9.56. The summed E-state index contributed by atoms with van der Waals surface area (Å²) < 4.78 is 6.43. The standard InChI is InChI=1S/C9H10BrNOS/c1-6(9(11)13)12-8-4-2-3-7(10)5-8/h2-6H,1H3,(H2,11,13). The lowest BCUT2D eigenvalue weighted by molar-refractivity contribution is 0.288. The number of nitrogens with two attached hydrogens (primary N) is 1. The van der Waals surface area contributed by atoms with E-state index in [9.17, 15) is 0 Å². The minimum absolute atomic E-state index is 0.232. The summed E-state index contributed by atoms with van der Waals surface area (Å²) in [5, 5.41) is 0. The summed E-state index contributed by atoms with van der Waals surface area (Å²) in [7, 11) is 0. The Balaban J connectivity index is 2.69. The molecule has 70 valence electrons. The molecule has 1 unspecified atom stereocenters. The Morgan fingerprint density at radius 1 is 1.62 bits per heavy atom. The van der Waals surface area contributed by atoms with Crippen molar-refractivity contribution in [2.75, 3.05) is 0 Å². The van der Waals surface area contributed by atoms with Gasteiger partial charge in [0.05, 0.1) is 0 Å². The van der Waals surface area contributed by atoms with Crippen LogP contribution in [0.15, 0.2) is 28.7 Å². The van der Waals surface area contributed by atoms with Crippen LogP contribution in [0.5, 0.6) is 5.75 Å². The molecule has 0 aliphatic heterocycles. The number of benzene rings is 1. The fourth-order valence-electron chi connectivity index (χ4n) is 0.803. The second-order valence-corrected chi connectivity index (χ2v) is 4.01. The lowest BCUT2D eigenvalue weighted by Gasteiger charge is -2.12. The first-order valence-corrected chi connectivity index (χ1v) is 5.01. The highest BCUT2D eigenvalue weighted by molar-refractivity contribution is 9.10. The van der Waals surface area contributed by atoms with Gasteiger partial charge in [-0.1, -0.05) is 34.2 Å². The van der Waals surface area contributed by atoms with E-state index in [0.29, 0.717) is 4.99 Å². The van der Waals surface area contributed by atoms with E-state index in [1.54, 1.807) is 0 Å². The van der Waals surface area contributed by atoms with Crippen molar-refractivity contribution in [1.29, 1.82) is 0 Å². The molecule has 0 fully saturated rings. The minimum Gasteiger partial charge on any atom is -0.484 e. The molecule has 1 aromatic rings. The highest BCUT2D eigenvalue weighted by Gasteiger charge is 2.05. The number of ether oxygens (including phenoxy) is 1. The number of rotatable bonds is 3. The highest BCUT2D eigenvalue weighted by atomic mass is 79.9. The smallest absolute Gasteiger partial charge is 0.145 e. The van der Waals surface area contributed by atoms with Crippen molar-refractivity contribution in [2.24, 2.45) is 5.73 Å². The van der Waals surface area contributed by atoms with Gasteiger partial charge in [0.25, 0.3) is 0 Å². The summed E-state index contributed by atoms with van der Waals surface area (Å²) in [6.45, 7) is 1.82. The summed E-state index contributed by atoms with van der Waals surface area (Å²) >= 11 is 8.14. The molecule has 1 atom stereocenters. The van der Waals surface area contributed by atoms with Crippen LogP contribution in [0.2, 0.25) is 0 Å². The summed E-state index contributed by atoms with van der Waals surface area (Å²) in [6, 6.07) is 7.55. The van der Waals surface area contributed by atoms with Crippen LogP contribution in [0, 0.1) is 0 Å². The molecule has 2 nitrogen and oxygen atoms in total. The van der Waals surface area contributed by atoms with Crippen LogP contribution in [0.4, 0.5) is 0 Å². The number of hydrogen-bond acceptors (Lipinski definition) is 2. The molecule has 0 amide bonds. The van der Waals surface area contributed by atoms with E-state index in [4.69, 9.17) is 22.7 Å². The number of halogens is 1. The Morgan fingerprint density at radius 3 is 2.85 bits per heavy atom. The van der Waals surface area contributed by atoms with Gasteiger partial charge in [-0.2, -0.15) is 0 Å². The first-order valence-electron chi connectivity index (χ1n) is 3.81. The molecule has 0 bridgehead atoms. The fourth-order valence-corrected chi connectivity index (χ4v) is 1.23. The predicted octanol–water partition coefficient (Wildman–Crippen LogP) is 2.50. The Bertz CT molecular complexity index is 316. The zero-order valence-electron chi connectivity index (χ0n) is 7.16. The van der Waals surface area contributed by atoms with E-state index < -0.39 is 0 Å². The Morgan fingerprint density at radius 2 is 2.31 bits per heavy atom. The average Bonchev–Trinajstić information content (AvgIpc) is 2.04. The summed E-state index contributed by atoms with van der Waals surface area (Å²) in [4.78, 5) is 0.361. The van der Waals surface area contributed by atoms with Crippen LogP contribution in [-0.4, -0.2) is 11.1 Å². The molecule has 2 N–H and O–H groups in total. The van der Waals surface area contributed by atoms with Gasteiger partial charge in [-0.25, -0.2) is 0 Å². The van der Waals surface area contributed by atoms with E-state index in [1.165, 1.54) is 0 Å². The van der Waals surface area contributed by atoms with Gasteiger partial charge < -0.3 is 10.5 Å². The monoisotopic (exact) mass is 259 g/mol. The Labute approximate surface area is 91.2 Å². The lowest BCUT2D eigenvalue weighted by Crippen LogP contribution is -2.28. The molecule has 0 saturated carbocycles. The van der Waals surface area contributed by atoms with Crippen molar-refractivity contribution in [3.05, 3.63) is 28.7 Å². The van der Waals surface area contributed by atoms with Crippen molar-refractivity contribution < 1.29 is 4.74 Å². The molecule has 1 rings (SSSR count). The van der Waals surface area contributed by atoms with Gasteiger partial charge in [-0.15, -0.1) is 0 Å². The molecule has 0 radical (unpaired) electrons. The van der Waals surface area contributed by atoms with Crippen molar-refractivity contribution >= 4 is 33.1 Å². The predicted molar refractivity (Wildman–Crippen MR) is 61.0 cm³/mol. The maximum atomic E-state index is 5.46. The normalized spacial score (nSPS) is 12.2. The van der Waals surface area contributed by atoms with Crippen LogP contribution in [0.1, 0.15) is 6.92 Å². The molecule has 0 heterocycles. The molecule has 0 spiro atoms. The first kappa shape index (κ1) is 10.5. The third kappa shape index (κ3) is 3.32. The maximum Gasteiger partial charge on any atom is 0.145 e. The van der Waals surface area contributed by atoms with E-state index in [0.717, 1.165) is 10.2 Å². The van der Waals surface area contributed by atoms with Crippen LogP contribution < -0.4 is 10.5 Å². The van der Waals surface area contributed by atoms with Gasteiger partial charge >= 0.3 is 0 Å². The van der Waals surface area contributed by atoms with Crippen LogP contribution in [0.25, 0.3) is 0 Å². The molecular formula is C9H10BrNOS. The van der Waals surface area contributed by atoms with Gasteiger partial charge in [0.2, 0.25) is 0 Å². The van der Waals surface area contributed by atoms with Gasteiger partial charge in [0, 0.05) is 4.47 Å². The van der Waals surface area contributed by atoms with Crippen LogP contribution in [-0.2, 0) is 0 Å². The molecule has 13 heavy (non-hydrogen) atoms. The second kappa shape index (κ2) is 4.58. The lowest BCUT2D eigenvalue weighted by atomic mass is 10.3. The second-order valence-electron chi connectivity index (χ2n) is 2.62. The summed E-state index contributed by atoms with van der Waals surface area (Å²) in [5.74, 6) is 0.759. The third-order valence-electron chi connectivity index (χ3n) is 1.51. The zero-order chi connectivity index (χ0) is 9.84. The number of hydrogen-bond donors (Lipinski definition) is 1. The van der Waals surface area contributed by atoms with Gasteiger partial charge in [-0.3, -0.25) is 0 Å². The molecule has 1 aromatic carbocycles. The minimum atomic E-state index is -0.232. The summed E-state index contributed by atoms with van der Waals surface area (Å²) in [6.07, 6.45) is -0.232. The SMILES string of the molecule is CC(Oc1cccc(Br)c1)C(N)=S.